The highest BCUT2D eigenvalue weighted by Crippen LogP contribution is 2.62. The quantitative estimate of drug-likeness (QED) is 0.167. The molecule has 4 nitrogen and oxygen atoms in total. The molecule has 2 aliphatic rings. The van der Waals surface area contributed by atoms with Gasteiger partial charge in [-0.3, -0.25) is 0 Å². The lowest BCUT2D eigenvalue weighted by molar-refractivity contribution is 0.723. The van der Waals surface area contributed by atoms with E-state index in [9.17, 15) is 0 Å². The number of nitrogens with zero attached hydrogens (tertiary/aromatic N) is 4. The van der Waals surface area contributed by atoms with Crippen LogP contribution < -0.4 is 0 Å². The van der Waals surface area contributed by atoms with Crippen molar-refractivity contribution >= 4 is 33.4 Å². The third-order valence-corrected chi connectivity index (χ3v) is 12.9. The number of para-hydroxylation sites is 1. The Morgan fingerprint density at radius 1 is 0.328 bits per heavy atom. The second-order valence-electron chi connectivity index (χ2n) is 14.9. The molecule has 0 radical (unpaired) electrons. The molecule has 2 aromatic heterocycles. The van der Waals surface area contributed by atoms with Crippen LogP contribution in [0.1, 0.15) is 22.3 Å². The Morgan fingerprint density at radius 3 is 1.47 bits per heavy atom. The second kappa shape index (κ2) is 12.9. The number of benzene rings is 8. The van der Waals surface area contributed by atoms with Crippen molar-refractivity contribution < 1.29 is 0 Å². The normalized spacial score (nSPS) is 13.2. The van der Waals surface area contributed by atoms with Crippen molar-refractivity contribution in [3.05, 3.63) is 216 Å². The first-order valence-electron chi connectivity index (χ1n) is 19.6. The Labute approximate surface area is 340 Å². The summed E-state index contributed by atoms with van der Waals surface area (Å²) in [4.78, 5) is 22.9. The van der Waals surface area contributed by atoms with Gasteiger partial charge in [0.15, 0.2) is 17.5 Å². The standard InChI is InChI=1S/C53H32N4S/c1-3-15-34(16-4-1)50-55-51(35-17-5-2-6-18-35)57-52(56-50)36-29-27-33(28-30-36)49-41-31-40-37-19-7-9-21-42(37)53(45(40)32-39(41)38-20-8-12-24-46(38)54-49)43-22-10-13-25-47(43)58-48-26-14-11-23-44(48)53/h1-32H. The smallest absolute Gasteiger partial charge is 0.164 e. The van der Waals surface area contributed by atoms with Crippen molar-refractivity contribution in [3.8, 4) is 56.5 Å². The van der Waals surface area contributed by atoms with E-state index in [2.05, 4.69) is 133 Å². The van der Waals surface area contributed by atoms with Crippen LogP contribution in [-0.4, -0.2) is 19.9 Å². The molecule has 1 aliphatic heterocycles. The lowest BCUT2D eigenvalue weighted by Gasteiger charge is -2.39. The van der Waals surface area contributed by atoms with Crippen LogP contribution in [-0.2, 0) is 5.41 Å². The van der Waals surface area contributed by atoms with E-state index in [1.54, 1.807) is 0 Å². The van der Waals surface area contributed by atoms with E-state index in [1.165, 1.54) is 48.6 Å². The molecule has 0 atom stereocenters. The fraction of sp³-hybridized carbons (Fsp3) is 0.0189. The highest BCUT2D eigenvalue weighted by molar-refractivity contribution is 7.99. The molecule has 0 fully saturated rings. The monoisotopic (exact) mass is 756 g/mol. The van der Waals surface area contributed by atoms with Crippen molar-refractivity contribution in [2.45, 2.75) is 15.2 Å². The largest absolute Gasteiger partial charge is 0.247 e. The molecule has 0 unspecified atom stereocenters. The van der Waals surface area contributed by atoms with E-state index >= 15 is 0 Å². The molecule has 0 amide bonds. The lowest BCUT2D eigenvalue weighted by atomic mass is 9.67. The van der Waals surface area contributed by atoms with Crippen LogP contribution in [0.15, 0.2) is 204 Å². The first-order valence-corrected chi connectivity index (χ1v) is 20.4. The summed E-state index contributed by atoms with van der Waals surface area (Å²) in [6.45, 7) is 0. The van der Waals surface area contributed by atoms with Crippen LogP contribution in [0.4, 0.5) is 0 Å². The Bertz CT molecular complexity index is 3150. The van der Waals surface area contributed by atoms with Crippen molar-refractivity contribution in [2.75, 3.05) is 0 Å². The first-order chi connectivity index (χ1) is 28.7. The average molecular weight is 757 g/mol. The third kappa shape index (κ3) is 4.90. The van der Waals surface area contributed by atoms with E-state index in [1.807, 2.05) is 72.4 Å². The third-order valence-electron chi connectivity index (χ3n) is 11.8. The number of hydrogen-bond acceptors (Lipinski definition) is 5. The average Bonchev–Trinajstić information content (AvgIpc) is 3.58. The maximum atomic E-state index is 5.40. The Kier molecular flexibility index (Phi) is 7.34. The fourth-order valence-electron chi connectivity index (χ4n) is 9.23. The maximum absolute atomic E-state index is 5.40. The van der Waals surface area contributed by atoms with Crippen LogP contribution in [0, 0.1) is 0 Å². The maximum Gasteiger partial charge on any atom is 0.164 e. The lowest BCUT2D eigenvalue weighted by Crippen LogP contribution is -2.31. The van der Waals surface area contributed by atoms with Crippen LogP contribution >= 0.6 is 11.8 Å². The Hall–Kier alpha value is -7.21. The van der Waals surface area contributed by atoms with Gasteiger partial charge in [-0.15, -0.1) is 0 Å². The summed E-state index contributed by atoms with van der Waals surface area (Å²) in [6, 6.07) is 69.2. The zero-order chi connectivity index (χ0) is 38.2. The molecule has 0 saturated heterocycles. The molecule has 0 saturated carbocycles. The molecular weight excluding hydrogens is 725 g/mol. The summed E-state index contributed by atoms with van der Waals surface area (Å²) < 4.78 is 0. The molecule has 0 N–H and O–H groups in total. The predicted molar refractivity (Wildman–Crippen MR) is 236 cm³/mol. The van der Waals surface area contributed by atoms with Gasteiger partial charge in [0.25, 0.3) is 0 Å². The van der Waals surface area contributed by atoms with Gasteiger partial charge in [0, 0.05) is 42.8 Å². The topological polar surface area (TPSA) is 51.6 Å². The number of fused-ring (bicyclic) bond motifs is 12. The van der Waals surface area contributed by atoms with Crippen molar-refractivity contribution in [1.82, 2.24) is 19.9 Å². The predicted octanol–water partition coefficient (Wildman–Crippen LogP) is 13.1. The summed E-state index contributed by atoms with van der Waals surface area (Å²) in [5, 5.41) is 3.47. The van der Waals surface area contributed by atoms with E-state index in [0.717, 1.165) is 44.2 Å². The van der Waals surface area contributed by atoms with Gasteiger partial charge in [-0.2, -0.15) is 0 Å². The van der Waals surface area contributed by atoms with Crippen LogP contribution in [0.2, 0.25) is 0 Å². The first kappa shape index (κ1) is 33.0. The summed E-state index contributed by atoms with van der Waals surface area (Å²) in [5.41, 5.74) is 13.1. The molecule has 1 aliphatic carbocycles. The molecule has 3 heterocycles. The minimum Gasteiger partial charge on any atom is -0.247 e. The van der Waals surface area contributed by atoms with Crippen LogP contribution in [0.5, 0.6) is 0 Å². The molecular formula is C53H32N4S. The Balaban J connectivity index is 1.07. The zero-order valence-electron chi connectivity index (χ0n) is 31.2. The number of hydrogen-bond donors (Lipinski definition) is 0. The van der Waals surface area contributed by atoms with Crippen molar-refractivity contribution in [1.29, 1.82) is 0 Å². The van der Waals surface area contributed by atoms with Crippen molar-refractivity contribution in [3.63, 3.8) is 0 Å². The molecule has 5 heteroatoms. The minimum atomic E-state index is -0.452. The van der Waals surface area contributed by atoms with E-state index in [-0.39, 0.29) is 0 Å². The van der Waals surface area contributed by atoms with Gasteiger partial charge in [-0.25, -0.2) is 19.9 Å². The molecule has 8 aromatic carbocycles. The van der Waals surface area contributed by atoms with Crippen LogP contribution in [0.3, 0.4) is 0 Å². The number of pyridine rings is 1. The van der Waals surface area contributed by atoms with Crippen LogP contribution in [0.25, 0.3) is 78.2 Å². The summed E-state index contributed by atoms with van der Waals surface area (Å²) >= 11 is 1.87. The van der Waals surface area contributed by atoms with E-state index in [4.69, 9.17) is 19.9 Å². The van der Waals surface area contributed by atoms with Gasteiger partial charge in [-0.05, 0) is 69.1 Å². The molecule has 0 bridgehead atoms. The molecule has 1 spiro atoms. The van der Waals surface area contributed by atoms with Crippen molar-refractivity contribution in [2.24, 2.45) is 0 Å². The zero-order valence-corrected chi connectivity index (χ0v) is 32.0. The summed E-state index contributed by atoms with van der Waals surface area (Å²) in [7, 11) is 0. The Morgan fingerprint density at radius 2 is 0.828 bits per heavy atom. The van der Waals surface area contributed by atoms with E-state index in [0.29, 0.717) is 17.5 Å². The summed E-state index contributed by atoms with van der Waals surface area (Å²) in [5.74, 6) is 1.91. The summed E-state index contributed by atoms with van der Waals surface area (Å²) in [6.07, 6.45) is 0. The molecule has 10 aromatic rings. The number of rotatable bonds is 4. The van der Waals surface area contributed by atoms with Gasteiger partial charge in [0.2, 0.25) is 0 Å². The van der Waals surface area contributed by atoms with Gasteiger partial charge in [0.05, 0.1) is 16.6 Å². The van der Waals surface area contributed by atoms with Gasteiger partial charge in [-0.1, -0.05) is 176 Å². The minimum absolute atomic E-state index is 0.452. The molecule has 58 heavy (non-hydrogen) atoms. The van der Waals surface area contributed by atoms with E-state index < -0.39 is 5.41 Å². The fourth-order valence-corrected chi connectivity index (χ4v) is 10.4. The highest BCUT2D eigenvalue weighted by atomic mass is 32.2. The number of aromatic nitrogens is 4. The second-order valence-corrected chi connectivity index (χ2v) is 16.0. The highest BCUT2D eigenvalue weighted by Gasteiger charge is 2.50. The molecule has 12 rings (SSSR count). The van der Waals surface area contributed by atoms with Gasteiger partial charge < -0.3 is 0 Å². The SMILES string of the molecule is c1ccc(-c2nc(-c3ccccc3)nc(-c3ccc(-c4nc5ccccc5c5cc6c(cc45)-c4ccccc4C64c5ccccc5Sc5ccccc54)cc3)n2)cc1. The van der Waals surface area contributed by atoms with Gasteiger partial charge in [0.1, 0.15) is 0 Å². The van der Waals surface area contributed by atoms with Gasteiger partial charge >= 0.3 is 0 Å². The molecule has 270 valence electrons.